The smallest absolute Gasteiger partial charge is 0.423 e. The molecule has 3 aromatic rings. The summed E-state index contributed by atoms with van der Waals surface area (Å²) in [4.78, 5) is 23.3. The van der Waals surface area contributed by atoms with Crippen LogP contribution >= 0.6 is 26.6 Å². The Morgan fingerprint density at radius 3 is 2.14 bits per heavy atom. The van der Waals surface area contributed by atoms with Crippen LogP contribution in [0.25, 0.3) is 33.0 Å². The van der Waals surface area contributed by atoms with Gasteiger partial charge in [0.2, 0.25) is 0 Å². The quantitative estimate of drug-likeness (QED) is 0.323. The molecular weight excluding hydrogens is 588 g/mol. The van der Waals surface area contributed by atoms with E-state index in [-0.39, 0.29) is 14.5 Å². The van der Waals surface area contributed by atoms with Crippen molar-refractivity contribution < 1.29 is 14.5 Å². The molecule has 9 heteroatoms. The molecule has 0 fully saturated rings. The molecule has 0 aliphatic heterocycles. The third-order valence-corrected chi connectivity index (χ3v) is 2.56. The molecule has 1 aromatic carbocycles. The Balaban J connectivity index is 0.000000553. The first kappa shape index (κ1) is 20.9. The normalized spacial score (nSPS) is 8.68. The summed E-state index contributed by atoms with van der Waals surface area (Å²) in [6, 6.07) is 10.3. The zero-order chi connectivity index (χ0) is 17.0. The number of aryl methyl sites for hydroxylation is 1. The molecule has 0 bridgehead atoms. The van der Waals surface area contributed by atoms with E-state index in [4.69, 9.17) is 21.0 Å². The Bertz CT molecular complexity index is 716. The number of halogens is 2. The molecule has 0 unspecified atom stereocenters. The third kappa shape index (κ3) is 5.94. The van der Waals surface area contributed by atoms with E-state index in [1.165, 1.54) is 5.56 Å². The van der Waals surface area contributed by atoms with Gasteiger partial charge in [0, 0.05) is 23.2 Å². The zero-order valence-corrected chi connectivity index (χ0v) is 17.4. The number of nitrogens with zero attached hydrogens (tertiary/aromatic N) is 4. The molecule has 0 radical (unpaired) electrons. The van der Waals surface area contributed by atoms with Crippen molar-refractivity contribution in [1.29, 1.82) is 0 Å². The molecule has 0 atom stereocenters. The minimum absolute atomic E-state index is 0.125. The van der Waals surface area contributed by atoms with Gasteiger partial charge in [-0.3, -0.25) is 9.97 Å². The minimum atomic E-state index is -0.125. The molecule has 2 aromatic heterocycles. The number of nitroso groups, excluding NO2 is 2. The monoisotopic (exact) mass is 596 g/mol. The maximum absolute atomic E-state index is 7.25. The van der Waals surface area contributed by atoms with Crippen LogP contribution in [0.4, 0.5) is 0 Å². The second-order valence-electron chi connectivity index (χ2n) is 3.78. The van der Waals surface area contributed by atoms with Gasteiger partial charge in [-0.05, 0) is 24.6 Å². The Morgan fingerprint density at radius 1 is 0.955 bits per heavy atom. The average molecular weight is 598 g/mol. The zero-order valence-electron chi connectivity index (χ0n) is 11.3. The predicted molar refractivity (Wildman–Crippen MR) is 93.1 cm³/mol. The van der Waals surface area contributed by atoms with Crippen LogP contribution in [0, 0.1) is 16.7 Å². The Morgan fingerprint density at radius 2 is 1.50 bits per heavy atom. The number of rotatable bonds is 0. The molecule has 0 spiro atoms. The molecule has 3 rings (SSSR count). The second kappa shape index (κ2) is 12.4. The summed E-state index contributed by atoms with van der Waals surface area (Å²) < 4.78 is 0. The van der Waals surface area contributed by atoms with Crippen molar-refractivity contribution in [1.82, 2.24) is 9.97 Å². The first-order chi connectivity index (χ1) is 10.8. The second-order valence-corrected chi connectivity index (χ2v) is 16.6. The summed E-state index contributed by atoms with van der Waals surface area (Å²) in [6.07, 6.45) is 3.69. The fourth-order valence-corrected chi connectivity index (χ4v) is 1.85. The van der Waals surface area contributed by atoms with Crippen molar-refractivity contribution in [2.75, 3.05) is 0 Å². The fourth-order valence-electron chi connectivity index (χ4n) is 1.85. The first-order valence-corrected chi connectivity index (χ1v) is 18.4. The van der Waals surface area contributed by atoms with Gasteiger partial charge in [0.15, 0.2) is 0 Å². The number of hydrogen-bond acceptors (Lipinski definition) is 4. The Kier molecular flexibility index (Phi) is 11.8. The SMILES string of the molecule is Cc1cnc2c(ccc3cccnc32)c1.[Br][W][Br].[N-]=O.[N-]=O. The van der Waals surface area contributed by atoms with Gasteiger partial charge in [-0.25, -0.2) is 0 Å². The molecule has 0 saturated heterocycles. The number of fused-ring (bicyclic) bond motifs is 3. The molecule has 22 heavy (non-hydrogen) atoms. The molecule has 0 N–H and O–H groups in total. The van der Waals surface area contributed by atoms with E-state index >= 15 is 0 Å². The molecular formula is C13H10Br2N4O2W-2. The number of pyridine rings is 2. The van der Waals surface area contributed by atoms with E-state index in [0.717, 1.165) is 21.8 Å². The van der Waals surface area contributed by atoms with Crippen LogP contribution in [0.5, 0.6) is 0 Å². The summed E-state index contributed by atoms with van der Waals surface area (Å²) in [5.74, 6) is 0. The van der Waals surface area contributed by atoms with Gasteiger partial charge in [-0.15, -0.1) is 0 Å². The van der Waals surface area contributed by atoms with Crippen LogP contribution < -0.4 is 0 Å². The van der Waals surface area contributed by atoms with Gasteiger partial charge in [-0.1, -0.05) is 18.2 Å². The van der Waals surface area contributed by atoms with Gasteiger partial charge >= 0.3 is 41.0 Å². The average Bonchev–Trinajstić information content (AvgIpc) is 2.59. The first-order valence-electron chi connectivity index (χ1n) is 5.62. The van der Waals surface area contributed by atoms with Gasteiger partial charge in [0.05, 0.1) is 11.0 Å². The molecule has 2 heterocycles. The van der Waals surface area contributed by atoms with Crippen molar-refractivity contribution >= 4 is 48.4 Å². The van der Waals surface area contributed by atoms with Crippen molar-refractivity contribution in [3.05, 3.63) is 69.3 Å². The summed E-state index contributed by atoms with van der Waals surface area (Å²) in [5.41, 5.74) is 14.6. The van der Waals surface area contributed by atoms with Gasteiger partial charge in [0.25, 0.3) is 0 Å². The summed E-state index contributed by atoms with van der Waals surface area (Å²) in [6.45, 7) is 2.05. The number of hydrogen-bond donors (Lipinski definition) is 0. The Hall–Kier alpha value is -1.11. The van der Waals surface area contributed by atoms with E-state index in [1.54, 1.807) is 0 Å². The van der Waals surface area contributed by atoms with Crippen molar-refractivity contribution in [2.24, 2.45) is 0 Å². The van der Waals surface area contributed by atoms with Crippen molar-refractivity contribution in [3.63, 3.8) is 0 Å². The topological polar surface area (TPSA) is 105 Å². The molecule has 0 amide bonds. The third-order valence-electron chi connectivity index (χ3n) is 2.56. The molecule has 0 aliphatic carbocycles. The minimum Gasteiger partial charge on any atom is -0.577 e. The summed E-state index contributed by atoms with van der Waals surface area (Å²) in [7, 11) is 0. The van der Waals surface area contributed by atoms with E-state index in [9.17, 15) is 0 Å². The van der Waals surface area contributed by atoms with Crippen LogP contribution in [-0.4, -0.2) is 9.97 Å². The number of aromatic nitrogens is 2. The van der Waals surface area contributed by atoms with Crippen LogP contribution in [0.2, 0.25) is 0 Å². The van der Waals surface area contributed by atoms with Crippen LogP contribution in [0.15, 0.2) is 42.7 Å². The fraction of sp³-hybridized carbons (Fsp3) is 0.0769. The van der Waals surface area contributed by atoms with Crippen molar-refractivity contribution in [3.8, 4) is 0 Å². The molecule has 6 nitrogen and oxygen atoms in total. The maximum atomic E-state index is 7.25. The van der Waals surface area contributed by atoms with Crippen LogP contribution in [0.3, 0.4) is 0 Å². The summed E-state index contributed by atoms with van der Waals surface area (Å²) in [5, 5.41) is 2.29. The standard InChI is InChI=1S/C13H10N2.2BrH.2NO.W/c1-9-7-11-5-4-10-3-2-6-14-12(10)13(11)15-8-9;;;2*1-2;/h2-8H,1H3;2*1H;;;/q;;;2*-1;+2/p-2. The van der Waals surface area contributed by atoms with E-state index in [0.29, 0.717) is 0 Å². The Labute approximate surface area is 148 Å². The van der Waals surface area contributed by atoms with Crippen LogP contribution in [0.1, 0.15) is 5.56 Å². The van der Waals surface area contributed by atoms with Crippen molar-refractivity contribution in [2.45, 2.75) is 6.92 Å². The molecule has 0 saturated carbocycles. The molecule has 0 aliphatic rings. The van der Waals surface area contributed by atoms with Gasteiger partial charge < -0.3 is 21.0 Å². The number of benzene rings is 1. The maximum Gasteiger partial charge on any atom is -0.423 e. The van der Waals surface area contributed by atoms with E-state index in [1.807, 2.05) is 18.5 Å². The van der Waals surface area contributed by atoms with E-state index < -0.39 is 0 Å². The molecule has 116 valence electrons. The van der Waals surface area contributed by atoms with Gasteiger partial charge in [0.1, 0.15) is 0 Å². The summed E-state index contributed by atoms with van der Waals surface area (Å²) >= 11 is 6.33. The predicted octanol–water partition coefficient (Wildman–Crippen LogP) is 5.42. The van der Waals surface area contributed by atoms with Gasteiger partial charge in [-0.2, -0.15) is 0 Å². The van der Waals surface area contributed by atoms with Crippen LogP contribution in [-0.2, 0) is 14.5 Å². The van der Waals surface area contributed by atoms with E-state index in [2.05, 4.69) is 67.8 Å². The largest absolute Gasteiger partial charge is 0.577 e.